The number of para-hydroxylation sites is 1. The van der Waals surface area contributed by atoms with Crippen LogP contribution in [0.25, 0.3) is 0 Å². The third kappa shape index (κ3) is 6.48. The quantitative estimate of drug-likeness (QED) is 0.417. The van der Waals surface area contributed by atoms with Gasteiger partial charge in [0.1, 0.15) is 12.4 Å². The second-order valence-electron chi connectivity index (χ2n) is 8.41. The van der Waals surface area contributed by atoms with Crippen LogP contribution in [0.1, 0.15) is 15.9 Å². The van der Waals surface area contributed by atoms with Crippen molar-refractivity contribution in [1.82, 2.24) is 4.90 Å². The van der Waals surface area contributed by atoms with Crippen LogP contribution in [0.4, 0.5) is 30.2 Å². The summed E-state index contributed by atoms with van der Waals surface area (Å²) in [5.74, 6) is 0.299. The number of piperazine rings is 1. The number of carbonyl (C=O) groups is 1. The van der Waals surface area contributed by atoms with Crippen LogP contribution < -0.4 is 15.0 Å². The Hall–Kier alpha value is -3.72. The minimum absolute atomic E-state index is 0.221. The molecular weight excluding hydrogens is 471 g/mol. The number of halogens is 3. The number of ether oxygens (including phenoxy) is 2. The highest BCUT2D eigenvalue weighted by Crippen LogP contribution is 2.32. The number of nitrogens with zero attached hydrogens (tertiary/aromatic N) is 2. The Kier molecular flexibility index (Phi) is 8.00. The second kappa shape index (κ2) is 11.3. The van der Waals surface area contributed by atoms with E-state index in [9.17, 15) is 18.0 Å². The van der Waals surface area contributed by atoms with Crippen molar-refractivity contribution in [1.29, 1.82) is 0 Å². The molecule has 1 saturated heterocycles. The Morgan fingerprint density at radius 2 is 1.67 bits per heavy atom. The molecule has 0 spiro atoms. The van der Waals surface area contributed by atoms with Crippen LogP contribution in [-0.2, 0) is 10.9 Å². The van der Waals surface area contributed by atoms with Crippen molar-refractivity contribution in [3.63, 3.8) is 0 Å². The van der Waals surface area contributed by atoms with Gasteiger partial charge in [-0.05, 0) is 54.6 Å². The summed E-state index contributed by atoms with van der Waals surface area (Å²) in [6.07, 6.45) is -4.45. The molecule has 36 heavy (non-hydrogen) atoms. The third-order valence-corrected chi connectivity index (χ3v) is 6.07. The van der Waals surface area contributed by atoms with Crippen molar-refractivity contribution in [2.24, 2.45) is 0 Å². The lowest BCUT2D eigenvalue weighted by Crippen LogP contribution is -2.47. The lowest BCUT2D eigenvalue weighted by atomic mass is 10.1. The van der Waals surface area contributed by atoms with Crippen molar-refractivity contribution in [3.05, 3.63) is 83.9 Å². The highest BCUT2D eigenvalue weighted by Gasteiger charge is 2.30. The number of esters is 1. The number of hydrogen-bond acceptors (Lipinski definition) is 6. The zero-order valence-electron chi connectivity index (χ0n) is 19.9. The van der Waals surface area contributed by atoms with E-state index in [4.69, 9.17) is 9.47 Å². The molecule has 190 valence electrons. The van der Waals surface area contributed by atoms with Gasteiger partial charge in [0.2, 0.25) is 0 Å². The van der Waals surface area contributed by atoms with E-state index in [1.807, 2.05) is 24.3 Å². The minimum atomic E-state index is -4.45. The lowest BCUT2D eigenvalue weighted by Gasteiger charge is -2.36. The molecule has 0 saturated carbocycles. The van der Waals surface area contributed by atoms with Gasteiger partial charge in [-0.25, -0.2) is 4.79 Å². The first-order valence-electron chi connectivity index (χ1n) is 11.7. The molecule has 0 aromatic heterocycles. The molecule has 1 aliphatic heterocycles. The number of benzene rings is 3. The van der Waals surface area contributed by atoms with Gasteiger partial charge in [0, 0.05) is 44.1 Å². The number of carbonyl (C=O) groups excluding carboxylic acids is 1. The smallest absolute Gasteiger partial charge is 0.416 e. The highest BCUT2D eigenvalue weighted by molar-refractivity contribution is 5.96. The predicted molar refractivity (Wildman–Crippen MR) is 133 cm³/mol. The van der Waals surface area contributed by atoms with Crippen LogP contribution in [0.5, 0.6) is 5.75 Å². The van der Waals surface area contributed by atoms with Crippen molar-refractivity contribution in [2.45, 2.75) is 6.18 Å². The summed E-state index contributed by atoms with van der Waals surface area (Å²) in [6.45, 7) is 4.24. The number of methoxy groups -OCH3 is 1. The maximum absolute atomic E-state index is 13.0. The van der Waals surface area contributed by atoms with Crippen LogP contribution in [0.2, 0.25) is 0 Å². The summed E-state index contributed by atoms with van der Waals surface area (Å²) < 4.78 is 49.8. The summed E-state index contributed by atoms with van der Waals surface area (Å²) in [5.41, 5.74) is 1.26. The Balaban J connectivity index is 1.28. The average Bonchev–Trinajstić information content (AvgIpc) is 2.89. The molecule has 4 rings (SSSR count). The molecule has 1 N–H and O–H groups in total. The third-order valence-electron chi connectivity index (χ3n) is 6.07. The van der Waals surface area contributed by atoms with Crippen LogP contribution >= 0.6 is 0 Å². The van der Waals surface area contributed by atoms with Gasteiger partial charge in [0.25, 0.3) is 0 Å². The largest absolute Gasteiger partial charge is 0.497 e. The maximum atomic E-state index is 13.0. The molecule has 0 amide bonds. The van der Waals surface area contributed by atoms with Crippen LogP contribution in [-0.4, -0.2) is 57.3 Å². The predicted octanol–water partition coefficient (Wildman–Crippen LogP) is 5.44. The van der Waals surface area contributed by atoms with Gasteiger partial charge in [-0.15, -0.1) is 0 Å². The minimum Gasteiger partial charge on any atom is -0.497 e. The van der Waals surface area contributed by atoms with E-state index < -0.39 is 17.7 Å². The van der Waals surface area contributed by atoms with Crippen molar-refractivity contribution in [3.8, 4) is 5.75 Å². The maximum Gasteiger partial charge on any atom is 0.416 e. The van der Waals surface area contributed by atoms with E-state index in [1.165, 1.54) is 12.1 Å². The van der Waals surface area contributed by atoms with E-state index in [1.54, 1.807) is 31.4 Å². The first kappa shape index (κ1) is 25.4. The van der Waals surface area contributed by atoms with Crippen molar-refractivity contribution in [2.75, 3.05) is 56.7 Å². The molecule has 0 bridgehead atoms. The van der Waals surface area contributed by atoms with E-state index in [0.717, 1.165) is 49.7 Å². The van der Waals surface area contributed by atoms with Crippen molar-refractivity contribution >= 4 is 23.0 Å². The molecule has 3 aromatic rings. The Morgan fingerprint density at radius 1 is 0.944 bits per heavy atom. The van der Waals surface area contributed by atoms with Gasteiger partial charge < -0.3 is 19.7 Å². The fraction of sp³-hybridized carbons (Fsp3) is 0.296. The normalized spacial score (nSPS) is 14.4. The monoisotopic (exact) mass is 499 g/mol. The molecule has 0 unspecified atom stereocenters. The molecule has 1 fully saturated rings. The number of rotatable bonds is 8. The van der Waals surface area contributed by atoms with E-state index in [2.05, 4.69) is 15.1 Å². The zero-order valence-corrected chi connectivity index (χ0v) is 19.9. The molecule has 1 heterocycles. The Labute approximate surface area is 208 Å². The van der Waals surface area contributed by atoms with E-state index in [0.29, 0.717) is 12.2 Å². The molecule has 0 aliphatic carbocycles. The second-order valence-corrected chi connectivity index (χ2v) is 8.41. The number of anilines is 3. The van der Waals surface area contributed by atoms with Gasteiger partial charge in [0.05, 0.1) is 23.9 Å². The van der Waals surface area contributed by atoms with E-state index >= 15 is 0 Å². The first-order chi connectivity index (χ1) is 17.3. The summed E-state index contributed by atoms with van der Waals surface area (Å²) in [7, 11) is 1.64. The first-order valence-corrected chi connectivity index (χ1v) is 11.7. The molecule has 9 heteroatoms. The Bertz CT molecular complexity index is 1160. The zero-order chi connectivity index (χ0) is 25.5. The van der Waals surface area contributed by atoms with Gasteiger partial charge in [-0.1, -0.05) is 18.2 Å². The molecule has 3 aromatic carbocycles. The van der Waals surface area contributed by atoms with Gasteiger partial charge >= 0.3 is 12.1 Å². The lowest BCUT2D eigenvalue weighted by molar-refractivity contribution is -0.137. The summed E-state index contributed by atoms with van der Waals surface area (Å²) >= 11 is 0. The molecule has 6 nitrogen and oxygen atoms in total. The van der Waals surface area contributed by atoms with Gasteiger partial charge in [-0.3, -0.25) is 4.90 Å². The Morgan fingerprint density at radius 3 is 2.36 bits per heavy atom. The van der Waals surface area contributed by atoms with Crippen LogP contribution in [0.15, 0.2) is 72.8 Å². The fourth-order valence-corrected chi connectivity index (χ4v) is 4.07. The van der Waals surface area contributed by atoms with Crippen LogP contribution in [0.3, 0.4) is 0 Å². The number of nitrogens with one attached hydrogen (secondary N) is 1. The van der Waals surface area contributed by atoms with Gasteiger partial charge in [0.15, 0.2) is 0 Å². The van der Waals surface area contributed by atoms with Gasteiger partial charge in [-0.2, -0.15) is 13.2 Å². The summed E-state index contributed by atoms with van der Waals surface area (Å²) in [6, 6.07) is 19.4. The van der Waals surface area contributed by atoms with Crippen LogP contribution in [0, 0.1) is 0 Å². The SMILES string of the molecule is COc1ccc(N2CCN(CCOC(=O)c3ccccc3Nc3cccc(C(F)(F)F)c3)CC2)cc1. The summed E-state index contributed by atoms with van der Waals surface area (Å²) in [4.78, 5) is 17.3. The fourth-order valence-electron chi connectivity index (χ4n) is 4.07. The number of alkyl halides is 3. The standard InChI is InChI=1S/C27H28F3N3O3/c1-35-23-11-9-22(10-12-23)33-15-13-32(14-16-33)17-18-36-26(34)24-7-2-3-8-25(24)31-21-6-4-5-20(19-21)27(28,29)30/h2-12,19,31H,13-18H2,1H3. The highest BCUT2D eigenvalue weighted by atomic mass is 19.4. The number of hydrogen-bond donors (Lipinski definition) is 1. The van der Waals surface area contributed by atoms with E-state index in [-0.39, 0.29) is 17.9 Å². The topological polar surface area (TPSA) is 54.0 Å². The molecule has 0 radical (unpaired) electrons. The molecular formula is C27H28F3N3O3. The average molecular weight is 500 g/mol. The molecule has 1 aliphatic rings. The summed E-state index contributed by atoms with van der Waals surface area (Å²) in [5, 5.41) is 2.91. The van der Waals surface area contributed by atoms with Crippen molar-refractivity contribution < 1.29 is 27.4 Å². The molecule has 0 atom stereocenters.